The Kier molecular flexibility index (Phi) is 5.92. The van der Waals surface area contributed by atoms with Crippen LogP contribution in [-0.2, 0) is 11.3 Å². The Morgan fingerprint density at radius 3 is 2.96 bits per heavy atom. The van der Waals surface area contributed by atoms with E-state index in [1.807, 2.05) is 17.2 Å². The van der Waals surface area contributed by atoms with Gasteiger partial charge >= 0.3 is 0 Å². The van der Waals surface area contributed by atoms with Gasteiger partial charge in [0, 0.05) is 44.1 Å². The molecule has 0 unspecified atom stereocenters. The van der Waals surface area contributed by atoms with Crippen LogP contribution in [0, 0.1) is 5.92 Å². The molecular weight excluding hydrogens is 354 g/mol. The Bertz CT molecular complexity index is 801. The van der Waals surface area contributed by atoms with Gasteiger partial charge in [0.2, 0.25) is 0 Å². The minimum atomic E-state index is -1.30. The fourth-order valence-electron chi connectivity index (χ4n) is 4.66. The third kappa shape index (κ3) is 4.20. The standard InChI is InChI=1S/C21H31N5O2/c27-20-21(28,9-4-11-25(20)13-8-17-6-2-1-3-7-17)16-22-14-18-15-24-26-12-5-10-23-19(18)26/h5,10,12,15,17,22,28H,1-4,6-9,11,13-14,16H2/t21-/m1/s1. The van der Waals surface area contributed by atoms with Crippen molar-refractivity contribution >= 4 is 11.6 Å². The number of aliphatic hydroxyl groups is 1. The van der Waals surface area contributed by atoms with Crippen LogP contribution in [-0.4, -0.2) is 55.7 Å². The smallest absolute Gasteiger partial charge is 0.255 e. The highest BCUT2D eigenvalue weighted by Crippen LogP contribution is 2.28. The zero-order valence-electron chi connectivity index (χ0n) is 16.5. The van der Waals surface area contributed by atoms with Gasteiger partial charge in [0.05, 0.1) is 6.20 Å². The predicted molar refractivity (Wildman–Crippen MR) is 107 cm³/mol. The number of aromatic nitrogens is 3. The van der Waals surface area contributed by atoms with Gasteiger partial charge in [-0.05, 0) is 31.2 Å². The van der Waals surface area contributed by atoms with Crippen molar-refractivity contribution < 1.29 is 9.90 Å². The van der Waals surface area contributed by atoms with Crippen molar-refractivity contribution in [3.05, 3.63) is 30.2 Å². The molecule has 2 aliphatic rings. The first-order valence-electron chi connectivity index (χ1n) is 10.7. The lowest BCUT2D eigenvalue weighted by Crippen LogP contribution is -2.58. The van der Waals surface area contributed by atoms with Crippen molar-refractivity contribution in [3.63, 3.8) is 0 Å². The van der Waals surface area contributed by atoms with Gasteiger partial charge in [-0.2, -0.15) is 5.10 Å². The average molecular weight is 386 g/mol. The highest BCUT2D eigenvalue weighted by Gasteiger charge is 2.41. The van der Waals surface area contributed by atoms with Crippen LogP contribution in [0.4, 0.5) is 0 Å². The molecule has 0 radical (unpaired) electrons. The van der Waals surface area contributed by atoms with Crippen LogP contribution in [0.1, 0.15) is 56.9 Å². The van der Waals surface area contributed by atoms with Crippen LogP contribution in [0.2, 0.25) is 0 Å². The van der Waals surface area contributed by atoms with Crippen molar-refractivity contribution in [3.8, 4) is 0 Å². The summed E-state index contributed by atoms with van der Waals surface area (Å²) in [5.41, 5.74) is 0.453. The second-order valence-electron chi connectivity index (χ2n) is 8.38. The molecule has 1 saturated heterocycles. The number of amides is 1. The number of nitrogens with zero attached hydrogens (tertiary/aromatic N) is 4. The van der Waals surface area contributed by atoms with Gasteiger partial charge in [0.1, 0.15) is 0 Å². The van der Waals surface area contributed by atoms with Gasteiger partial charge in [0.25, 0.3) is 5.91 Å². The molecule has 2 fully saturated rings. The molecule has 2 N–H and O–H groups in total. The number of carbonyl (C=O) groups excluding carboxylic acids is 1. The summed E-state index contributed by atoms with van der Waals surface area (Å²) in [6, 6.07) is 1.84. The number of likely N-dealkylation sites (tertiary alicyclic amines) is 1. The quantitative estimate of drug-likeness (QED) is 0.763. The maximum absolute atomic E-state index is 12.9. The van der Waals surface area contributed by atoms with Crippen LogP contribution in [0.3, 0.4) is 0 Å². The molecule has 152 valence electrons. The summed E-state index contributed by atoms with van der Waals surface area (Å²) in [6.07, 6.45) is 14.4. The number of fused-ring (bicyclic) bond motifs is 1. The van der Waals surface area contributed by atoms with E-state index in [0.29, 0.717) is 13.0 Å². The number of hydrogen-bond donors (Lipinski definition) is 2. The van der Waals surface area contributed by atoms with Crippen molar-refractivity contribution in [2.75, 3.05) is 19.6 Å². The molecule has 0 aromatic carbocycles. The van der Waals surface area contributed by atoms with Gasteiger partial charge in [-0.15, -0.1) is 0 Å². The summed E-state index contributed by atoms with van der Waals surface area (Å²) in [6.45, 7) is 2.34. The minimum Gasteiger partial charge on any atom is -0.379 e. The summed E-state index contributed by atoms with van der Waals surface area (Å²) < 4.78 is 1.73. The first kappa shape index (κ1) is 19.3. The van der Waals surface area contributed by atoms with Crippen LogP contribution in [0.5, 0.6) is 0 Å². The van der Waals surface area contributed by atoms with Gasteiger partial charge in [-0.3, -0.25) is 4.79 Å². The summed E-state index contributed by atoms with van der Waals surface area (Å²) in [5.74, 6) is 0.637. The Morgan fingerprint density at radius 2 is 2.11 bits per heavy atom. The average Bonchev–Trinajstić information content (AvgIpc) is 3.13. The topological polar surface area (TPSA) is 82.8 Å². The molecule has 1 saturated carbocycles. The zero-order chi connectivity index (χ0) is 19.4. The Morgan fingerprint density at radius 1 is 1.25 bits per heavy atom. The fourth-order valence-corrected chi connectivity index (χ4v) is 4.66. The maximum Gasteiger partial charge on any atom is 0.255 e. The molecule has 7 heteroatoms. The monoisotopic (exact) mass is 385 g/mol. The van der Waals surface area contributed by atoms with E-state index in [9.17, 15) is 9.90 Å². The first-order chi connectivity index (χ1) is 13.7. The molecule has 4 rings (SSSR count). The minimum absolute atomic E-state index is 0.111. The predicted octanol–water partition coefficient (Wildman–Crippen LogP) is 2.14. The number of piperidine rings is 1. The van der Waals surface area contributed by atoms with E-state index in [4.69, 9.17) is 0 Å². The highest BCUT2D eigenvalue weighted by molar-refractivity contribution is 5.86. The van der Waals surface area contributed by atoms with Crippen LogP contribution in [0.15, 0.2) is 24.7 Å². The second-order valence-corrected chi connectivity index (χ2v) is 8.38. The molecule has 0 spiro atoms. The summed E-state index contributed by atoms with van der Waals surface area (Å²) in [4.78, 5) is 19.2. The Hall–Kier alpha value is -1.99. The number of hydrogen-bond acceptors (Lipinski definition) is 5. The molecule has 1 amide bonds. The summed E-state index contributed by atoms with van der Waals surface area (Å²) in [7, 11) is 0. The van der Waals surface area contributed by atoms with E-state index in [1.165, 1.54) is 32.1 Å². The van der Waals surface area contributed by atoms with E-state index in [1.54, 1.807) is 16.9 Å². The van der Waals surface area contributed by atoms with Crippen LogP contribution in [0.25, 0.3) is 5.65 Å². The molecular formula is C21H31N5O2. The number of rotatable bonds is 7. The largest absolute Gasteiger partial charge is 0.379 e. The van der Waals surface area contributed by atoms with Gasteiger partial charge in [0.15, 0.2) is 11.2 Å². The first-order valence-corrected chi connectivity index (χ1v) is 10.7. The lowest BCUT2D eigenvalue weighted by molar-refractivity contribution is -0.156. The molecule has 1 aliphatic heterocycles. The van der Waals surface area contributed by atoms with Crippen molar-refractivity contribution in [1.29, 1.82) is 0 Å². The molecule has 1 atom stereocenters. The SMILES string of the molecule is O=C1N(CCC2CCCCC2)CCC[C@@]1(O)CNCc1cnn2cccnc12. The second kappa shape index (κ2) is 8.57. The normalized spacial score (nSPS) is 24.2. The Balaban J connectivity index is 1.30. The fraction of sp³-hybridized carbons (Fsp3) is 0.667. The van der Waals surface area contributed by atoms with Gasteiger partial charge in [-0.1, -0.05) is 32.1 Å². The molecule has 2 aromatic rings. The van der Waals surface area contributed by atoms with Gasteiger partial charge in [-0.25, -0.2) is 9.50 Å². The molecule has 1 aliphatic carbocycles. The summed E-state index contributed by atoms with van der Waals surface area (Å²) in [5, 5.41) is 18.5. The van der Waals surface area contributed by atoms with Crippen LogP contribution >= 0.6 is 0 Å². The number of nitrogens with one attached hydrogen (secondary N) is 1. The van der Waals surface area contributed by atoms with E-state index in [0.717, 1.165) is 43.1 Å². The zero-order valence-corrected chi connectivity index (χ0v) is 16.5. The third-order valence-corrected chi connectivity index (χ3v) is 6.32. The van der Waals surface area contributed by atoms with Crippen molar-refractivity contribution in [2.45, 2.75) is 63.5 Å². The lowest BCUT2D eigenvalue weighted by atomic mass is 9.86. The van der Waals surface area contributed by atoms with Gasteiger partial charge < -0.3 is 15.3 Å². The van der Waals surface area contributed by atoms with E-state index in [2.05, 4.69) is 15.4 Å². The lowest BCUT2D eigenvalue weighted by Gasteiger charge is -2.39. The van der Waals surface area contributed by atoms with E-state index in [-0.39, 0.29) is 12.5 Å². The third-order valence-electron chi connectivity index (χ3n) is 6.32. The Labute approximate surface area is 166 Å². The number of carbonyl (C=O) groups is 1. The van der Waals surface area contributed by atoms with Crippen molar-refractivity contribution in [2.24, 2.45) is 5.92 Å². The van der Waals surface area contributed by atoms with Crippen LogP contribution < -0.4 is 5.32 Å². The highest BCUT2D eigenvalue weighted by atomic mass is 16.3. The van der Waals surface area contributed by atoms with E-state index >= 15 is 0 Å². The van der Waals surface area contributed by atoms with E-state index < -0.39 is 5.60 Å². The molecule has 0 bridgehead atoms. The molecule has 3 heterocycles. The summed E-state index contributed by atoms with van der Waals surface area (Å²) >= 11 is 0. The maximum atomic E-state index is 12.9. The van der Waals surface area contributed by atoms with Crippen molar-refractivity contribution in [1.82, 2.24) is 24.8 Å². The molecule has 2 aromatic heterocycles. The molecule has 7 nitrogen and oxygen atoms in total. The molecule has 28 heavy (non-hydrogen) atoms.